The van der Waals surface area contributed by atoms with Crippen molar-refractivity contribution in [3.05, 3.63) is 112 Å². The maximum Gasteiger partial charge on any atom is 0.350 e. The predicted molar refractivity (Wildman–Crippen MR) is 191 cm³/mol. The van der Waals surface area contributed by atoms with Crippen LogP contribution in [0.4, 0.5) is 11.4 Å². The second-order valence-electron chi connectivity index (χ2n) is 12.7. The topological polar surface area (TPSA) is 95.5 Å². The first kappa shape index (κ1) is 33.2. The Morgan fingerprint density at radius 1 is 0.939 bits per heavy atom. The Balaban J connectivity index is 1.05. The SMILES string of the molecule is CCC(C)n1ncn(-c2ccc(N3CCN(c4ccccc4OC(c4ccc(Cl)cc4Cl)C4COC(Cn5cncn5)C4)CC3)cc2)c1=O. The second kappa shape index (κ2) is 14.7. The van der Waals surface area contributed by atoms with Crippen LogP contribution in [0.15, 0.2) is 90.5 Å². The Hall–Kier alpha value is -4.32. The minimum Gasteiger partial charge on any atom is -0.483 e. The van der Waals surface area contributed by atoms with Gasteiger partial charge in [0.25, 0.3) is 0 Å². The molecule has 2 fully saturated rings. The van der Waals surface area contributed by atoms with Gasteiger partial charge in [-0.2, -0.15) is 10.2 Å². The van der Waals surface area contributed by atoms with E-state index in [0.717, 1.165) is 67.4 Å². The van der Waals surface area contributed by atoms with Crippen molar-refractivity contribution in [2.45, 2.75) is 51.5 Å². The Labute approximate surface area is 295 Å². The minimum atomic E-state index is -0.337. The van der Waals surface area contributed by atoms with E-state index in [1.165, 1.54) is 6.33 Å². The molecule has 3 aromatic carbocycles. The van der Waals surface area contributed by atoms with Gasteiger partial charge >= 0.3 is 5.69 Å². The van der Waals surface area contributed by atoms with Crippen molar-refractivity contribution in [2.24, 2.45) is 5.92 Å². The first-order chi connectivity index (χ1) is 23.9. The third-order valence-electron chi connectivity index (χ3n) is 9.60. The van der Waals surface area contributed by atoms with Gasteiger partial charge in [-0.25, -0.2) is 19.0 Å². The molecule has 0 saturated carbocycles. The van der Waals surface area contributed by atoms with Gasteiger partial charge in [0.05, 0.1) is 36.7 Å². The van der Waals surface area contributed by atoms with Crippen LogP contribution in [-0.4, -0.2) is 68.0 Å². The van der Waals surface area contributed by atoms with Crippen LogP contribution in [0, 0.1) is 5.92 Å². The number of rotatable bonds is 11. The van der Waals surface area contributed by atoms with Gasteiger partial charge in [-0.15, -0.1) is 0 Å². The highest BCUT2D eigenvalue weighted by Gasteiger charge is 2.36. The normalized spacial score (nSPS) is 19.3. The standard InChI is InChI=1S/C36H40Cl2N8O3/c1-3-25(2)46-36(47)45(24-41-46)29-11-9-28(10-12-29)42-14-16-43(17-15-42)33-6-4-5-7-34(33)49-35(31-13-8-27(37)19-32(31)38)26-18-30(48-21-26)20-44-23-39-22-40-44/h4-13,19,22-26,30,35H,3,14-18,20-21H2,1-2H3. The molecule has 2 aliphatic rings. The van der Waals surface area contributed by atoms with Crippen molar-refractivity contribution in [2.75, 3.05) is 42.6 Å². The number of ether oxygens (including phenoxy) is 2. The largest absolute Gasteiger partial charge is 0.483 e. The number of nitrogens with zero attached hydrogens (tertiary/aromatic N) is 8. The van der Waals surface area contributed by atoms with Gasteiger partial charge in [0.2, 0.25) is 0 Å². The van der Waals surface area contributed by atoms with E-state index >= 15 is 0 Å². The number of halogens is 2. The molecule has 4 atom stereocenters. The van der Waals surface area contributed by atoms with Crippen LogP contribution in [0.3, 0.4) is 0 Å². The number of anilines is 2. The summed E-state index contributed by atoms with van der Waals surface area (Å²) in [6.45, 7) is 8.54. The van der Waals surface area contributed by atoms with E-state index < -0.39 is 0 Å². The summed E-state index contributed by atoms with van der Waals surface area (Å²) in [6.07, 6.45) is 6.13. The van der Waals surface area contributed by atoms with Crippen LogP contribution < -0.4 is 20.2 Å². The highest BCUT2D eigenvalue weighted by molar-refractivity contribution is 6.35. The summed E-state index contributed by atoms with van der Waals surface area (Å²) in [5.74, 6) is 0.875. The fraction of sp³-hybridized carbons (Fsp3) is 0.389. The van der Waals surface area contributed by atoms with Crippen LogP contribution in [0.5, 0.6) is 5.75 Å². The quantitative estimate of drug-likeness (QED) is 0.155. The summed E-state index contributed by atoms with van der Waals surface area (Å²) < 4.78 is 18.1. The third kappa shape index (κ3) is 7.20. The van der Waals surface area contributed by atoms with Gasteiger partial charge in [-0.3, -0.25) is 4.68 Å². The van der Waals surface area contributed by atoms with Crippen LogP contribution >= 0.6 is 23.2 Å². The second-order valence-corrected chi connectivity index (χ2v) is 13.6. The molecule has 0 bridgehead atoms. The molecule has 2 saturated heterocycles. The zero-order valence-corrected chi connectivity index (χ0v) is 29.1. The summed E-state index contributed by atoms with van der Waals surface area (Å²) in [5.41, 5.74) is 3.74. The highest BCUT2D eigenvalue weighted by atomic mass is 35.5. The molecule has 2 aliphatic heterocycles. The van der Waals surface area contributed by atoms with Crippen LogP contribution in [0.1, 0.15) is 44.4 Å². The summed E-state index contributed by atoms with van der Waals surface area (Å²) >= 11 is 13.1. The molecule has 0 aliphatic carbocycles. The van der Waals surface area contributed by atoms with Crippen molar-refractivity contribution in [1.29, 1.82) is 0 Å². The van der Waals surface area contributed by atoms with E-state index in [-0.39, 0.29) is 29.9 Å². The third-order valence-corrected chi connectivity index (χ3v) is 10.2. The molecule has 0 spiro atoms. The number of hydrogen-bond acceptors (Lipinski definition) is 8. The smallest absolute Gasteiger partial charge is 0.350 e. The number of piperazine rings is 1. The van der Waals surface area contributed by atoms with Crippen LogP contribution in [0.2, 0.25) is 10.0 Å². The van der Waals surface area contributed by atoms with Crippen molar-refractivity contribution < 1.29 is 9.47 Å². The lowest BCUT2D eigenvalue weighted by Crippen LogP contribution is -2.46. The molecule has 0 radical (unpaired) electrons. The van der Waals surface area contributed by atoms with Gasteiger partial charge in [0.1, 0.15) is 30.8 Å². The molecule has 0 N–H and O–H groups in total. The molecule has 13 heteroatoms. The maximum absolute atomic E-state index is 12.9. The van der Waals surface area contributed by atoms with E-state index in [4.69, 9.17) is 32.7 Å². The summed E-state index contributed by atoms with van der Waals surface area (Å²) in [7, 11) is 0. The lowest BCUT2D eigenvalue weighted by molar-refractivity contribution is 0.0764. The molecule has 4 unspecified atom stereocenters. The maximum atomic E-state index is 12.9. The average molecular weight is 704 g/mol. The van der Waals surface area contributed by atoms with Gasteiger partial charge in [-0.1, -0.05) is 48.3 Å². The molecule has 11 nitrogen and oxygen atoms in total. The number of hydrogen-bond donors (Lipinski definition) is 0. The molecule has 4 heterocycles. The zero-order chi connectivity index (χ0) is 33.9. The number of aromatic nitrogens is 6. The van der Waals surface area contributed by atoms with E-state index in [1.807, 2.05) is 50.2 Å². The number of para-hydroxylation sites is 2. The Kier molecular flexibility index (Phi) is 9.93. The molecular formula is C36H40Cl2N8O3. The van der Waals surface area contributed by atoms with Gasteiger partial charge in [0, 0.05) is 53.4 Å². The fourth-order valence-corrected chi connectivity index (χ4v) is 7.22. The molecular weight excluding hydrogens is 663 g/mol. The number of benzene rings is 3. The van der Waals surface area contributed by atoms with Crippen molar-refractivity contribution in [1.82, 2.24) is 29.1 Å². The van der Waals surface area contributed by atoms with E-state index in [0.29, 0.717) is 23.2 Å². The van der Waals surface area contributed by atoms with Crippen LogP contribution in [0.25, 0.3) is 5.69 Å². The van der Waals surface area contributed by atoms with Crippen molar-refractivity contribution in [3.8, 4) is 11.4 Å². The summed E-state index contributed by atoms with van der Waals surface area (Å²) in [6, 6.07) is 22.0. The molecule has 256 valence electrons. The Morgan fingerprint density at radius 3 is 2.43 bits per heavy atom. The molecule has 49 heavy (non-hydrogen) atoms. The van der Waals surface area contributed by atoms with Crippen LogP contribution in [-0.2, 0) is 11.3 Å². The minimum absolute atomic E-state index is 0.00955. The molecule has 7 rings (SSSR count). The first-order valence-corrected chi connectivity index (χ1v) is 17.5. The van der Waals surface area contributed by atoms with Gasteiger partial charge in [0.15, 0.2) is 0 Å². The Bertz CT molecular complexity index is 1900. The van der Waals surface area contributed by atoms with Gasteiger partial charge < -0.3 is 19.3 Å². The summed E-state index contributed by atoms with van der Waals surface area (Å²) in [4.78, 5) is 21.7. The first-order valence-electron chi connectivity index (χ1n) is 16.8. The van der Waals surface area contributed by atoms with Crippen molar-refractivity contribution >= 4 is 34.6 Å². The van der Waals surface area contributed by atoms with E-state index in [9.17, 15) is 4.79 Å². The van der Waals surface area contributed by atoms with E-state index in [2.05, 4.69) is 49.2 Å². The molecule has 2 aromatic heterocycles. The molecule has 5 aromatic rings. The lowest BCUT2D eigenvalue weighted by atomic mass is 9.93. The zero-order valence-electron chi connectivity index (χ0n) is 27.6. The summed E-state index contributed by atoms with van der Waals surface area (Å²) in [5, 5.41) is 9.72. The van der Waals surface area contributed by atoms with Crippen molar-refractivity contribution in [3.63, 3.8) is 0 Å². The Morgan fingerprint density at radius 2 is 1.69 bits per heavy atom. The average Bonchev–Trinajstić information content (AvgIpc) is 3.90. The fourth-order valence-electron chi connectivity index (χ4n) is 6.71. The monoisotopic (exact) mass is 702 g/mol. The van der Waals surface area contributed by atoms with E-state index in [1.54, 1.807) is 32.7 Å². The van der Waals surface area contributed by atoms with Gasteiger partial charge in [-0.05, 0) is 68.3 Å². The highest BCUT2D eigenvalue weighted by Crippen LogP contribution is 2.42. The predicted octanol–water partition coefficient (Wildman–Crippen LogP) is 6.46. The lowest BCUT2D eigenvalue weighted by Gasteiger charge is -2.38. The molecule has 0 amide bonds.